The Hall–Kier alpha value is -2.01. The summed E-state index contributed by atoms with van der Waals surface area (Å²) in [5, 5.41) is 3.18. The Labute approximate surface area is 118 Å². The fourth-order valence-electron chi connectivity index (χ4n) is 1.66. The normalized spacial score (nSPS) is 10.2. The first-order chi connectivity index (χ1) is 9.04. The number of nitrogens with one attached hydrogen (secondary N) is 1. The molecule has 4 nitrogen and oxygen atoms in total. The van der Waals surface area contributed by atoms with E-state index in [2.05, 4.69) is 46.5 Å². The maximum absolute atomic E-state index is 5.59. The van der Waals surface area contributed by atoms with Gasteiger partial charge in [0, 0.05) is 12.2 Å². The second-order valence-corrected chi connectivity index (χ2v) is 4.86. The van der Waals surface area contributed by atoms with E-state index in [0.717, 1.165) is 5.69 Å². The Morgan fingerprint density at radius 1 is 1.21 bits per heavy atom. The second-order valence-electron chi connectivity index (χ2n) is 4.42. The van der Waals surface area contributed by atoms with Gasteiger partial charge in [0.05, 0.1) is 0 Å². The molecule has 0 aliphatic carbocycles. The SMILES string of the molecule is Cc1ccc(CNc2nc(C)cc(C(N)=S)n2)cc1. The second kappa shape index (κ2) is 5.75. The number of anilines is 1. The monoisotopic (exact) mass is 272 g/mol. The summed E-state index contributed by atoms with van der Waals surface area (Å²) in [5.74, 6) is 0.545. The first-order valence-electron chi connectivity index (χ1n) is 5.99. The highest BCUT2D eigenvalue weighted by Crippen LogP contribution is 2.08. The van der Waals surface area contributed by atoms with Crippen molar-refractivity contribution in [3.05, 3.63) is 52.8 Å². The van der Waals surface area contributed by atoms with Crippen LogP contribution in [0.4, 0.5) is 5.95 Å². The summed E-state index contributed by atoms with van der Waals surface area (Å²) in [6.45, 7) is 4.62. The third kappa shape index (κ3) is 3.72. The van der Waals surface area contributed by atoms with E-state index in [-0.39, 0.29) is 4.99 Å². The summed E-state index contributed by atoms with van der Waals surface area (Å²) in [7, 11) is 0. The van der Waals surface area contributed by atoms with E-state index in [9.17, 15) is 0 Å². The van der Waals surface area contributed by atoms with Crippen LogP contribution in [0.25, 0.3) is 0 Å². The molecule has 2 aromatic rings. The maximum atomic E-state index is 5.59. The topological polar surface area (TPSA) is 63.8 Å². The van der Waals surface area contributed by atoms with Gasteiger partial charge in [0.2, 0.25) is 5.95 Å². The van der Waals surface area contributed by atoms with Crippen LogP contribution in [0.1, 0.15) is 22.5 Å². The van der Waals surface area contributed by atoms with Crippen molar-refractivity contribution in [1.82, 2.24) is 9.97 Å². The van der Waals surface area contributed by atoms with Crippen LogP contribution in [0, 0.1) is 13.8 Å². The average Bonchev–Trinajstić information content (AvgIpc) is 2.37. The lowest BCUT2D eigenvalue weighted by molar-refractivity contribution is 1.02. The molecule has 3 N–H and O–H groups in total. The third-order valence-electron chi connectivity index (χ3n) is 2.68. The van der Waals surface area contributed by atoms with E-state index < -0.39 is 0 Å². The standard InChI is InChI=1S/C14H16N4S/c1-9-3-5-11(6-4-9)8-16-14-17-10(2)7-12(18-14)13(15)19/h3-7H,8H2,1-2H3,(H2,15,19)(H,16,17,18). The van der Waals surface area contributed by atoms with Crippen LogP contribution in [-0.4, -0.2) is 15.0 Å². The highest BCUT2D eigenvalue weighted by molar-refractivity contribution is 7.80. The minimum Gasteiger partial charge on any atom is -0.388 e. The zero-order valence-corrected chi connectivity index (χ0v) is 11.8. The van der Waals surface area contributed by atoms with Crippen molar-refractivity contribution in [3.63, 3.8) is 0 Å². The number of nitrogens with two attached hydrogens (primary N) is 1. The molecule has 0 unspecified atom stereocenters. The van der Waals surface area contributed by atoms with Crippen LogP contribution >= 0.6 is 12.2 Å². The Morgan fingerprint density at radius 2 is 1.89 bits per heavy atom. The van der Waals surface area contributed by atoms with E-state index in [4.69, 9.17) is 18.0 Å². The number of nitrogens with zero attached hydrogens (tertiary/aromatic N) is 2. The van der Waals surface area contributed by atoms with Gasteiger partial charge in [-0.25, -0.2) is 9.97 Å². The molecule has 0 bridgehead atoms. The van der Waals surface area contributed by atoms with Crippen molar-refractivity contribution in [2.75, 3.05) is 5.32 Å². The van der Waals surface area contributed by atoms with Crippen molar-refractivity contribution in [1.29, 1.82) is 0 Å². The van der Waals surface area contributed by atoms with Crippen LogP contribution in [0.3, 0.4) is 0 Å². The molecule has 1 heterocycles. The van der Waals surface area contributed by atoms with Gasteiger partial charge in [-0.3, -0.25) is 0 Å². The van der Waals surface area contributed by atoms with Crippen LogP contribution < -0.4 is 11.1 Å². The largest absolute Gasteiger partial charge is 0.388 e. The summed E-state index contributed by atoms with van der Waals surface area (Å²) in [6.07, 6.45) is 0. The number of rotatable bonds is 4. The van der Waals surface area contributed by atoms with Gasteiger partial charge in [0.25, 0.3) is 0 Å². The molecule has 0 atom stereocenters. The van der Waals surface area contributed by atoms with Gasteiger partial charge in [0.15, 0.2) is 0 Å². The smallest absolute Gasteiger partial charge is 0.223 e. The molecular weight excluding hydrogens is 256 g/mol. The van der Waals surface area contributed by atoms with E-state index >= 15 is 0 Å². The predicted molar refractivity (Wildman–Crippen MR) is 81.2 cm³/mol. The minimum atomic E-state index is 0.281. The van der Waals surface area contributed by atoms with Crippen molar-refractivity contribution in [2.24, 2.45) is 5.73 Å². The highest BCUT2D eigenvalue weighted by Gasteiger charge is 2.04. The molecule has 0 saturated carbocycles. The molecule has 0 saturated heterocycles. The van der Waals surface area contributed by atoms with Crippen LogP contribution in [0.2, 0.25) is 0 Å². The van der Waals surface area contributed by atoms with Gasteiger partial charge in [-0.15, -0.1) is 0 Å². The predicted octanol–water partition coefficient (Wildman–Crippen LogP) is 2.34. The van der Waals surface area contributed by atoms with Crippen LogP contribution in [0.5, 0.6) is 0 Å². The van der Waals surface area contributed by atoms with E-state index in [1.165, 1.54) is 11.1 Å². The van der Waals surface area contributed by atoms with E-state index in [0.29, 0.717) is 18.2 Å². The van der Waals surface area contributed by atoms with Crippen molar-refractivity contribution in [3.8, 4) is 0 Å². The van der Waals surface area contributed by atoms with Crippen molar-refractivity contribution in [2.45, 2.75) is 20.4 Å². The number of hydrogen-bond acceptors (Lipinski definition) is 4. The summed E-state index contributed by atoms with van der Waals surface area (Å²) in [4.78, 5) is 8.87. The zero-order valence-electron chi connectivity index (χ0n) is 11.0. The Balaban J connectivity index is 2.11. The molecule has 2 rings (SSSR count). The van der Waals surface area contributed by atoms with Gasteiger partial charge < -0.3 is 11.1 Å². The number of thiocarbonyl (C=S) groups is 1. The molecule has 0 aliphatic heterocycles. The average molecular weight is 272 g/mol. The lowest BCUT2D eigenvalue weighted by Gasteiger charge is -2.08. The van der Waals surface area contributed by atoms with Gasteiger partial charge in [-0.05, 0) is 25.5 Å². The molecule has 1 aromatic carbocycles. The van der Waals surface area contributed by atoms with Crippen LogP contribution in [0.15, 0.2) is 30.3 Å². The summed E-state index contributed by atoms with van der Waals surface area (Å²) in [6, 6.07) is 10.1. The quantitative estimate of drug-likeness (QED) is 0.836. The third-order valence-corrected chi connectivity index (χ3v) is 2.89. The zero-order chi connectivity index (χ0) is 13.8. The van der Waals surface area contributed by atoms with Gasteiger partial charge in [-0.1, -0.05) is 42.0 Å². The molecule has 1 aromatic heterocycles. The van der Waals surface area contributed by atoms with E-state index in [1.54, 1.807) is 6.07 Å². The Kier molecular flexibility index (Phi) is 4.06. The van der Waals surface area contributed by atoms with Gasteiger partial charge in [-0.2, -0.15) is 0 Å². The summed E-state index contributed by atoms with van der Waals surface area (Å²) < 4.78 is 0. The van der Waals surface area contributed by atoms with Crippen LogP contribution in [-0.2, 0) is 6.54 Å². The molecule has 19 heavy (non-hydrogen) atoms. The molecule has 0 amide bonds. The van der Waals surface area contributed by atoms with E-state index in [1.807, 2.05) is 6.92 Å². The Bertz CT molecular complexity index is 593. The minimum absolute atomic E-state index is 0.281. The summed E-state index contributed by atoms with van der Waals surface area (Å²) >= 11 is 4.93. The molecule has 0 aliphatic rings. The molecule has 0 spiro atoms. The molecular formula is C14H16N4S. The fraction of sp³-hybridized carbons (Fsp3) is 0.214. The first-order valence-corrected chi connectivity index (χ1v) is 6.40. The lowest BCUT2D eigenvalue weighted by atomic mass is 10.1. The Morgan fingerprint density at radius 3 is 2.53 bits per heavy atom. The number of aryl methyl sites for hydroxylation is 2. The number of benzene rings is 1. The molecule has 5 heteroatoms. The number of aromatic nitrogens is 2. The lowest BCUT2D eigenvalue weighted by Crippen LogP contribution is -2.14. The first kappa shape index (κ1) is 13.4. The van der Waals surface area contributed by atoms with Crippen molar-refractivity contribution < 1.29 is 0 Å². The van der Waals surface area contributed by atoms with Crippen molar-refractivity contribution >= 4 is 23.2 Å². The maximum Gasteiger partial charge on any atom is 0.223 e. The fourth-order valence-corrected chi connectivity index (χ4v) is 1.77. The number of hydrogen-bond donors (Lipinski definition) is 2. The highest BCUT2D eigenvalue weighted by atomic mass is 32.1. The molecule has 0 fully saturated rings. The summed E-state index contributed by atoms with van der Waals surface area (Å²) in [5.41, 5.74) is 9.43. The molecule has 0 radical (unpaired) electrons. The molecule has 98 valence electrons. The van der Waals surface area contributed by atoms with Gasteiger partial charge in [0.1, 0.15) is 10.7 Å². The van der Waals surface area contributed by atoms with Gasteiger partial charge >= 0.3 is 0 Å².